The number of hydrogen-bond acceptors (Lipinski definition) is 5. The fraction of sp³-hybridized carbons (Fsp3) is 0.200. The molecule has 0 bridgehead atoms. The molecule has 0 saturated carbocycles. The molecule has 0 radical (unpaired) electrons. The van der Waals surface area contributed by atoms with Crippen LogP contribution >= 0.6 is 0 Å². The summed E-state index contributed by atoms with van der Waals surface area (Å²) in [6.07, 6.45) is 0. The summed E-state index contributed by atoms with van der Waals surface area (Å²) in [5.41, 5.74) is 1.65. The maximum absolute atomic E-state index is 13.5. The molecule has 0 unspecified atom stereocenters. The number of carbonyl (C=O) groups is 2. The Kier molecular flexibility index (Phi) is 7.42. The highest BCUT2D eigenvalue weighted by Gasteiger charge is 2.30. The summed E-state index contributed by atoms with van der Waals surface area (Å²) in [7, 11) is -3.83. The number of piperazine rings is 1. The molecule has 1 fully saturated rings. The fourth-order valence-electron chi connectivity index (χ4n) is 3.77. The van der Waals surface area contributed by atoms with Gasteiger partial charge in [0.05, 0.1) is 22.8 Å². The number of sulfonamides is 1. The van der Waals surface area contributed by atoms with E-state index >= 15 is 0 Å². The van der Waals surface area contributed by atoms with E-state index in [2.05, 4.69) is 10.6 Å². The Balaban J connectivity index is 1.33. The molecular weight excluding hydrogens is 471 g/mol. The van der Waals surface area contributed by atoms with Gasteiger partial charge >= 0.3 is 0 Å². The lowest BCUT2D eigenvalue weighted by Gasteiger charge is -2.34. The Morgan fingerprint density at radius 1 is 0.829 bits per heavy atom. The highest BCUT2D eigenvalue weighted by Crippen LogP contribution is 2.22. The van der Waals surface area contributed by atoms with E-state index in [1.807, 2.05) is 6.07 Å². The van der Waals surface area contributed by atoms with Crippen molar-refractivity contribution in [2.45, 2.75) is 4.90 Å². The Morgan fingerprint density at radius 3 is 2.17 bits per heavy atom. The Morgan fingerprint density at radius 2 is 1.49 bits per heavy atom. The summed E-state index contributed by atoms with van der Waals surface area (Å²) in [5, 5.41) is 5.91. The van der Waals surface area contributed by atoms with Crippen LogP contribution < -0.4 is 10.6 Å². The number of para-hydroxylation sites is 2. The highest BCUT2D eigenvalue weighted by atomic mass is 32.2. The van der Waals surface area contributed by atoms with Crippen LogP contribution in [0.15, 0.2) is 83.8 Å². The van der Waals surface area contributed by atoms with E-state index < -0.39 is 15.8 Å². The van der Waals surface area contributed by atoms with Gasteiger partial charge in [-0.25, -0.2) is 12.8 Å². The first-order valence-electron chi connectivity index (χ1n) is 11.1. The number of amides is 2. The second-order valence-corrected chi connectivity index (χ2v) is 9.90. The standard InChI is InChI=1S/C25H25FN4O4S/c26-20-9-6-10-21(17-20)35(33,34)30-15-13-29(14-16-30)24(31)18-27-22-11-4-5-12-23(22)28-25(32)19-7-2-1-3-8-19/h1-12,17,27H,13-16,18H2,(H,28,32). The lowest BCUT2D eigenvalue weighted by molar-refractivity contribution is -0.130. The van der Waals surface area contributed by atoms with Crippen molar-refractivity contribution in [3.05, 3.63) is 90.2 Å². The van der Waals surface area contributed by atoms with Gasteiger partial charge in [-0.1, -0.05) is 36.4 Å². The van der Waals surface area contributed by atoms with Crippen LogP contribution in [0.2, 0.25) is 0 Å². The third-order valence-electron chi connectivity index (χ3n) is 5.67. The van der Waals surface area contributed by atoms with Crippen LogP contribution in [0.4, 0.5) is 15.8 Å². The van der Waals surface area contributed by atoms with Crippen LogP contribution in [-0.2, 0) is 14.8 Å². The van der Waals surface area contributed by atoms with Gasteiger partial charge in [0.15, 0.2) is 0 Å². The molecule has 2 N–H and O–H groups in total. The van der Waals surface area contributed by atoms with Gasteiger partial charge in [0, 0.05) is 31.7 Å². The van der Waals surface area contributed by atoms with Gasteiger partial charge in [-0.05, 0) is 42.5 Å². The molecular formula is C25H25FN4O4S. The minimum atomic E-state index is -3.83. The zero-order chi connectivity index (χ0) is 24.8. The molecule has 0 spiro atoms. The zero-order valence-corrected chi connectivity index (χ0v) is 19.7. The second kappa shape index (κ2) is 10.7. The van der Waals surface area contributed by atoms with E-state index in [1.165, 1.54) is 22.5 Å². The topological polar surface area (TPSA) is 98.8 Å². The smallest absolute Gasteiger partial charge is 0.255 e. The first-order valence-corrected chi connectivity index (χ1v) is 12.5. The van der Waals surface area contributed by atoms with E-state index in [9.17, 15) is 22.4 Å². The molecule has 8 nitrogen and oxygen atoms in total. The lowest BCUT2D eigenvalue weighted by atomic mass is 10.2. The van der Waals surface area contributed by atoms with Crippen LogP contribution in [0.5, 0.6) is 0 Å². The van der Waals surface area contributed by atoms with Crippen molar-refractivity contribution in [2.24, 2.45) is 0 Å². The van der Waals surface area contributed by atoms with Crippen LogP contribution in [0.1, 0.15) is 10.4 Å². The average Bonchev–Trinajstić information content (AvgIpc) is 2.88. The minimum absolute atomic E-state index is 0.0190. The third-order valence-corrected chi connectivity index (χ3v) is 7.56. The molecule has 2 amide bonds. The maximum atomic E-state index is 13.5. The predicted octanol–water partition coefficient (Wildman–Crippen LogP) is 3.02. The molecule has 0 atom stereocenters. The average molecular weight is 497 g/mol. The number of halogens is 1. The molecule has 4 rings (SSSR count). The summed E-state index contributed by atoms with van der Waals surface area (Å²) in [5.74, 6) is -1.08. The fourth-order valence-corrected chi connectivity index (χ4v) is 5.22. The molecule has 1 heterocycles. The lowest BCUT2D eigenvalue weighted by Crippen LogP contribution is -2.51. The number of carbonyl (C=O) groups excluding carboxylic acids is 2. The Labute approximate surface area is 203 Å². The van der Waals surface area contributed by atoms with E-state index in [0.29, 0.717) is 16.9 Å². The number of rotatable bonds is 7. The Bertz CT molecular complexity index is 1310. The number of benzene rings is 3. The van der Waals surface area contributed by atoms with Gasteiger partial charge in [-0.2, -0.15) is 4.31 Å². The van der Waals surface area contributed by atoms with Crippen LogP contribution in [0, 0.1) is 5.82 Å². The zero-order valence-electron chi connectivity index (χ0n) is 18.9. The number of hydrogen-bond donors (Lipinski definition) is 2. The van der Waals surface area contributed by atoms with Crippen molar-refractivity contribution in [2.75, 3.05) is 43.4 Å². The molecule has 10 heteroatoms. The van der Waals surface area contributed by atoms with Crippen molar-refractivity contribution in [3.63, 3.8) is 0 Å². The Hall–Kier alpha value is -3.76. The number of anilines is 2. The normalized spacial score (nSPS) is 14.4. The molecule has 1 aliphatic heterocycles. The van der Waals surface area contributed by atoms with Crippen molar-refractivity contribution in [1.29, 1.82) is 0 Å². The van der Waals surface area contributed by atoms with Crippen LogP contribution in [0.3, 0.4) is 0 Å². The van der Waals surface area contributed by atoms with E-state index in [1.54, 1.807) is 53.4 Å². The summed E-state index contributed by atoms with van der Waals surface area (Å²) < 4.78 is 40.3. The quantitative estimate of drug-likeness (QED) is 0.524. The molecule has 182 valence electrons. The van der Waals surface area contributed by atoms with Crippen molar-refractivity contribution >= 4 is 33.2 Å². The van der Waals surface area contributed by atoms with E-state index in [-0.39, 0.29) is 49.4 Å². The van der Waals surface area contributed by atoms with Gasteiger partial charge in [-0.15, -0.1) is 0 Å². The van der Waals surface area contributed by atoms with E-state index in [4.69, 9.17) is 0 Å². The van der Waals surface area contributed by atoms with Crippen LogP contribution in [0.25, 0.3) is 0 Å². The van der Waals surface area contributed by atoms with Crippen molar-refractivity contribution < 1.29 is 22.4 Å². The summed E-state index contributed by atoms with van der Waals surface area (Å²) >= 11 is 0. The summed E-state index contributed by atoms with van der Waals surface area (Å²) in [6.45, 7) is 0.667. The molecule has 0 aliphatic carbocycles. The monoisotopic (exact) mass is 496 g/mol. The molecule has 3 aromatic carbocycles. The highest BCUT2D eigenvalue weighted by molar-refractivity contribution is 7.89. The predicted molar refractivity (Wildman–Crippen MR) is 131 cm³/mol. The van der Waals surface area contributed by atoms with Crippen molar-refractivity contribution in [1.82, 2.24) is 9.21 Å². The SMILES string of the molecule is O=C(Nc1ccccc1NCC(=O)N1CCN(S(=O)(=O)c2cccc(F)c2)CC1)c1ccccc1. The van der Waals surface area contributed by atoms with E-state index in [0.717, 1.165) is 6.07 Å². The van der Waals surface area contributed by atoms with Gasteiger partial charge in [0.1, 0.15) is 5.82 Å². The maximum Gasteiger partial charge on any atom is 0.255 e. The molecule has 0 aromatic heterocycles. The van der Waals surface area contributed by atoms with Gasteiger partial charge in [0.2, 0.25) is 15.9 Å². The van der Waals surface area contributed by atoms with Crippen molar-refractivity contribution in [3.8, 4) is 0 Å². The molecule has 1 saturated heterocycles. The molecule has 35 heavy (non-hydrogen) atoms. The molecule has 3 aromatic rings. The molecule has 1 aliphatic rings. The number of nitrogens with one attached hydrogen (secondary N) is 2. The second-order valence-electron chi connectivity index (χ2n) is 7.96. The van der Waals surface area contributed by atoms with Gasteiger partial charge in [-0.3, -0.25) is 9.59 Å². The summed E-state index contributed by atoms with van der Waals surface area (Å²) in [6, 6.07) is 20.8. The largest absolute Gasteiger partial charge is 0.374 e. The first kappa shape index (κ1) is 24.4. The van der Waals surface area contributed by atoms with Crippen LogP contribution in [-0.4, -0.2) is 62.2 Å². The minimum Gasteiger partial charge on any atom is -0.374 e. The first-order chi connectivity index (χ1) is 16.8. The summed E-state index contributed by atoms with van der Waals surface area (Å²) in [4.78, 5) is 26.7. The number of nitrogens with zero attached hydrogens (tertiary/aromatic N) is 2. The van der Waals surface area contributed by atoms with Gasteiger partial charge in [0.25, 0.3) is 5.91 Å². The van der Waals surface area contributed by atoms with Gasteiger partial charge < -0.3 is 15.5 Å². The third kappa shape index (κ3) is 5.84.